The Morgan fingerprint density at radius 1 is 1.14 bits per heavy atom. The largest absolute Gasteiger partial charge is 0.490 e. The van der Waals surface area contributed by atoms with Crippen molar-refractivity contribution in [3.8, 4) is 16.3 Å². The van der Waals surface area contributed by atoms with Crippen molar-refractivity contribution >= 4 is 45.1 Å². The highest BCUT2D eigenvalue weighted by Crippen LogP contribution is 2.46. The van der Waals surface area contributed by atoms with Crippen molar-refractivity contribution < 1.29 is 32.6 Å². The summed E-state index contributed by atoms with van der Waals surface area (Å²) in [5.41, 5.74) is 3.18. The lowest BCUT2D eigenvalue weighted by Gasteiger charge is -2.33. The van der Waals surface area contributed by atoms with Gasteiger partial charge in [0.05, 0.1) is 37.5 Å². The molecule has 7 rings (SSSR count). The van der Waals surface area contributed by atoms with Gasteiger partial charge in [0.1, 0.15) is 27.7 Å². The third kappa shape index (κ3) is 4.95. The van der Waals surface area contributed by atoms with E-state index in [-0.39, 0.29) is 28.6 Å². The number of esters is 1. The minimum absolute atomic E-state index is 0.0172. The van der Waals surface area contributed by atoms with Crippen LogP contribution < -0.4 is 9.64 Å². The molecule has 0 unspecified atom stereocenters. The van der Waals surface area contributed by atoms with E-state index in [1.54, 1.807) is 17.9 Å². The van der Waals surface area contributed by atoms with Crippen molar-refractivity contribution in [1.29, 1.82) is 0 Å². The highest BCUT2D eigenvalue weighted by atomic mass is 32.1. The van der Waals surface area contributed by atoms with Gasteiger partial charge in [0.25, 0.3) is 6.43 Å². The number of methoxy groups -OCH3 is 1. The Morgan fingerprint density at radius 2 is 1.95 bits per heavy atom. The lowest BCUT2D eigenvalue weighted by Crippen LogP contribution is -2.36. The van der Waals surface area contributed by atoms with Gasteiger partial charge in [-0.3, -0.25) is 9.48 Å². The van der Waals surface area contributed by atoms with E-state index in [0.717, 1.165) is 35.4 Å². The van der Waals surface area contributed by atoms with Gasteiger partial charge < -0.3 is 24.0 Å². The first kappa shape index (κ1) is 28.6. The number of benzene rings is 1. The Morgan fingerprint density at radius 3 is 2.70 bits per heavy atom. The zero-order chi connectivity index (χ0) is 30.5. The molecule has 1 aromatic carbocycles. The monoisotopic (exact) mass is 624 g/mol. The van der Waals surface area contributed by atoms with Crippen LogP contribution in [0.4, 0.5) is 20.3 Å². The second kappa shape index (κ2) is 11.4. The third-order valence-electron chi connectivity index (χ3n) is 8.43. The fourth-order valence-electron chi connectivity index (χ4n) is 6.18. The number of pyridine rings is 1. The molecule has 0 bridgehead atoms. The SMILES string of the molecule is COC(=O)c1cnc2sc(-c3cc4c(cc3C(F)F)N(c3nn(C5CCOCC5)c5c3CN(C(C)=O)CC5)CCO4)nc2c1. The number of anilines is 2. The number of carbonyl (C=O) groups is 2. The Kier molecular flexibility index (Phi) is 7.41. The molecule has 0 aliphatic carbocycles. The normalized spacial score (nSPS) is 17.0. The number of hydrogen-bond donors (Lipinski definition) is 0. The quantitative estimate of drug-likeness (QED) is 0.281. The number of fused-ring (bicyclic) bond motifs is 3. The lowest BCUT2D eigenvalue weighted by molar-refractivity contribution is -0.129. The molecule has 1 saturated heterocycles. The smallest absolute Gasteiger partial charge is 0.339 e. The van der Waals surface area contributed by atoms with Crippen LogP contribution in [-0.4, -0.2) is 76.5 Å². The van der Waals surface area contributed by atoms with Gasteiger partial charge in [-0.2, -0.15) is 5.10 Å². The van der Waals surface area contributed by atoms with E-state index in [1.165, 1.54) is 25.4 Å². The average molecular weight is 625 g/mol. The van der Waals surface area contributed by atoms with Gasteiger partial charge in [0.2, 0.25) is 5.91 Å². The minimum atomic E-state index is -2.80. The number of thiazole rings is 1. The molecule has 4 aromatic rings. The number of carbonyl (C=O) groups excluding carboxylic acids is 2. The van der Waals surface area contributed by atoms with E-state index in [1.807, 2.05) is 4.90 Å². The summed E-state index contributed by atoms with van der Waals surface area (Å²) in [6.45, 7) is 4.60. The van der Waals surface area contributed by atoms with Gasteiger partial charge in [-0.1, -0.05) is 11.3 Å². The van der Waals surface area contributed by atoms with Gasteiger partial charge in [-0.25, -0.2) is 23.5 Å². The Balaban J connectivity index is 1.32. The van der Waals surface area contributed by atoms with Gasteiger partial charge in [-0.05, 0) is 31.0 Å². The van der Waals surface area contributed by atoms with Crippen LogP contribution in [0.15, 0.2) is 24.4 Å². The first-order valence-electron chi connectivity index (χ1n) is 14.5. The lowest BCUT2D eigenvalue weighted by atomic mass is 10.0. The molecule has 1 amide bonds. The molecular formula is C30H30F2N6O5S. The maximum atomic E-state index is 14.7. The molecule has 230 valence electrons. The average Bonchev–Trinajstić information content (AvgIpc) is 3.65. The molecule has 0 N–H and O–H groups in total. The van der Waals surface area contributed by atoms with E-state index in [0.29, 0.717) is 78.5 Å². The number of alkyl halides is 2. The van der Waals surface area contributed by atoms with Crippen LogP contribution in [0.25, 0.3) is 20.9 Å². The number of nitrogens with zero attached hydrogens (tertiary/aromatic N) is 6. The summed E-state index contributed by atoms with van der Waals surface area (Å²) in [6, 6.07) is 4.77. The summed E-state index contributed by atoms with van der Waals surface area (Å²) in [4.78, 5) is 37.4. The predicted octanol–water partition coefficient (Wildman–Crippen LogP) is 5.07. The molecule has 0 spiro atoms. The first-order valence-corrected chi connectivity index (χ1v) is 15.3. The number of amides is 1. The van der Waals surface area contributed by atoms with Crippen LogP contribution in [0.5, 0.6) is 5.75 Å². The summed E-state index contributed by atoms with van der Waals surface area (Å²) >= 11 is 1.16. The molecule has 14 heteroatoms. The molecule has 44 heavy (non-hydrogen) atoms. The Bertz CT molecular complexity index is 1770. The summed E-state index contributed by atoms with van der Waals surface area (Å²) in [5, 5.41) is 5.43. The van der Waals surface area contributed by atoms with Crippen molar-refractivity contribution in [2.45, 2.75) is 45.2 Å². The van der Waals surface area contributed by atoms with E-state index >= 15 is 0 Å². The molecule has 11 nitrogen and oxygen atoms in total. The van der Waals surface area contributed by atoms with Crippen molar-refractivity contribution in [3.05, 3.63) is 46.8 Å². The fraction of sp³-hybridized carbons (Fsp3) is 0.433. The molecular weight excluding hydrogens is 594 g/mol. The highest BCUT2D eigenvalue weighted by molar-refractivity contribution is 7.21. The van der Waals surface area contributed by atoms with E-state index in [9.17, 15) is 18.4 Å². The molecule has 3 aromatic heterocycles. The van der Waals surface area contributed by atoms with E-state index in [4.69, 9.17) is 19.3 Å². The van der Waals surface area contributed by atoms with Crippen molar-refractivity contribution in [2.75, 3.05) is 44.9 Å². The van der Waals surface area contributed by atoms with Crippen LogP contribution in [0.1, 0.15) is 59.4 Å². The van der Waals surface area contributed by atoms with E-state index in [2.05, 4.69) is 14.6 Å². The van der Waals surface area contributed by atoms with Gasteiger partial charge in [-0.15, -0.1) is 0 Å². The molecule has 0 radical (unpaired) electrons. The minimum Gasteiger partial charge on any atom is -0.490 e. The van der Waals surface area contributed by atoms with Gasteiger partial charge >= 0.3 is 5.97 Å². The predicted molar refractivity (Wildman–Crippen MR) is 158 cm³/mol. The number of aromatic nitrogens is 4. The zero-order valence-electron chi connectivity index (χ0n) is 24.2. The van der Waals surface area contributed by atoms with Crippen LogP contribution in [-0.2, 0) is 27.2 Å². The van der Waals surface area contributed by atoms with Crippen molar-refractivity contribution in [3.63, 3.8) is 0 Å². The summed E-state index contributed by atoms with van der Waals surface area (Å²) < 4.78 is 47.9. The number of hydrogen-bond acceptors (Lipinski definition) is 10. The van der Waals surface area contributed by atoms with Crippen LogP contribution in [0, 0.1) is 0 Å². The second-order valence-corrected chi connectivity index (χ2v) is 12.0. The number of halogens is 2. The Labute approximate surface area is 255 Å². The molecule has 3 aliphatic rings. The van der Waals surface area contributed by atoms with Crippen LogP contribution in [0.3, 0.4) is 0 Å². The molecule has 0 atom stereocenters. The summed E-state index contributed by atoms with van der Waals surface area (Å²) in [6.07, 6.45) is 0.917. The van der Waals surface area contributed by atoms with Gasteiger partial charge in [0, 0.05) is 61.7 Å². The fourth-order valence-corrected chi connectivity index (χ4v) is 7.11. The topological polar surface area (TPSA) is 112 Å². The summed E-state index contributed by atoms with van der Waals surface area (Å²) in [5.74, 6) is 0.523. The van der Waals surface area contributed by atoms with Crippen molar-refractivity contribution in [1.82, 2.24) is 24.6 Å². The number of rotatable bonds is 5. The molecule has 1 fully saturated rings. The molecule has 6 heterocycles. The molecule has 0 saturated carbocycles. The Hall–Kier alpha value is -4.17. The van der Waals surface area contributed by atoms with Crippen LogP contribution >= 0.6 is 11.3 Å². The van der Waals surface area contributed by atoms with Crippen molar-refractivity contribution in [2.24, 2.45) is 0 Å². The first-order chi connectivity index (χ1) is 21.3. The van der Waals surface area contributed by atoms with E-state index < -0.39 is 12.4 Å². The second-order valence-electron chi connectivity index (χ2n) is 11.0. The summed E-state index contributed by atoms with van der Waals surface area (Å²) in [7, 11) is 1.27. The maximum Gasteiger partial charge on any atom is 0.339 e. The zero-order valence-corrected chi connectivity index (χ0v) is 25.0. The van der Waals surface area contributed by atoms with Crippen LogP contribution in [0.2, 0.25) is 0 Å². The number of ether oxygens (including phenoxy) is 3. The molecule has 3 aliphatic heterocycles. The highest BCUT2D eigenvalue weighted by Gasteiger charge is 2.35. The standard InChI is InChI=1S/C30H30F2N6O5S/c1-16(39)36-6-3-23-21(15-36)27(35-38(23)18-4-8-42-9-5-18)37-7-10-43-25-13-20(19(26(31)32)12-24(25)37)28-34-22-11-17(30(40)41-2)14-33-29(22)44-28/h11-14,18,26H,3-10,15H2,1-2H3. The maximum absolute atomic E-state index is 14.7. The van der Waals surface area contributed by atoms with Gasteiger partial charge in [0.15, 0.2) is 5.82 Å². The third-order valence-corrected chi connectivity index (χ3v) is 9.44.